The van der Waals surface area contributed by atoms with Gasteiger partial charge in [-0.05, 0) is 12.8 Å². The van der Waals surface area contributed by atoms with Crippen molar-refractivity contribution < 1.29 is 19.4 Å². The molecule has 1 amide bonds. The van der Waals surface area contributed by atoms with Crippen molar-refractivity contribution in [3.05, 3.63) is 0 Å². The van der Waals surface area contributed by atoms with Crippen LogP contribution >= 0.6 is 0 Å². The lowest BCUT2D eigenvalue weighted by Crippen LogP contribution is -2.35. The molecule has 0 unspecified atom stereocenters. The van der Waals surface area contributed by atoms with Crippen LogP contribution in [0.5, 0.6) is 0 Å². The van der Waals surface area contributed by atoms with Crippen LogP contribution in [0.3, 0.4) is 0 Å². The van der Waals surface area contributed by atoms with Crippen LogP contribution < -0.4 is 0 Å². The molecule has 1 aliphatic carbocycles. The van der Waals surface area contributed by atoms with Crippen LogP contribution in [0.2, 0.25) is 0 Å². The zero-order valence-corrected chi connectivity index (χ0v) is 8.94. The van der Waals surface area contributed by atoms with Crippen molar-refractivity contribution in [2.75, 3.05) is 20.3 Å². The summed E-state index contributed by atoms with van der Waals surface area (Å²) in [6, 6.07) is 0.272. The lowest BCUT2D eigenvalue weighted by molar-refractivity contribution is -0.138. The van der Waals surface area contributed by atoms with Crippen molar-refractivity contribution in [2.45, 2.75) is 31.7 Å². The Morgan fingerprint density at radius 2 is 2.07 bits per heavy atom. The standard InChI is InChI=1S/C10H17NO4/c1-15-7-5-9(12)11(8-2-3-8)6-4-10(13)14/h8H,2-7H2,1H3,(H,13,14). The monoisotopic (exact) mass is 215 g/mol. The zero-order valence-electron chi connectivity index (χ0n) is 8.94. The summed E-state index contributed by atoms with van der Waals surface area (Å²) in [7, 11) is 1.55. The largest absolute Gasteiger partial charge is 0.481 e. The van der Waals surface area contributed by atoms with E-state index < -0.39 is 5.97 Å². The third kappa shape index (κ3) is 4.29. The number of hydrogen-bond donors (Lipinski definition) is 1. The molecular formula is C10H17NO4. The highest BCUT2D eigenvalue weighted by molar-refractivity contribution is 5.77. The van der Waals surface area contributed by atoms with E-state index in [1.54, 1.807) is 12.0 Å². The molecule has 0 aromatic heterocycles. The summed E-state index contributed by atoms with van der Waals surface area (Å²) in [4.78, 5) is 23.7. The number of carbonyl (C=O) groups is 2. The van der Waals surface area contributed by atoms with Crippen molar-refractivity contribution in [2.24, 2.45) is 0 Å². The number of aliphatic carboxylic acids is 1. The molecule has 0 atom stereocenters. The third-order valence-corrected chi connectivity index (χ3v) is 2.39. The van der Waals surface area contributed by atoms with Gasteiger partial charge in [0.1, 0.15) is 0 Å². The summed E-state index contributed by atoms with van der Waals surface area (Å²) >= 11 is 0. The Hall–Kier alpha value is -1.10. The molecule has 0 radical (unpaired) electrons. The first-order valence-electron chi connectivity index (χ1n) is 5.15. The lowest BCUT2D eigenvalue weighted by atomic mass is 10.3. The minimum Gasteiger partial charge on any atom is -0.481 e. The normalized spacial score (nSPS) is 15.0. The zero-order chi connectivity index (χ0) is 11.3. The number of carboxylic acids is 1. The molecule has 15 heavy (non-hydrogen) atoms. The maximum absolute atomic E-state index is 11.6. The van der Waals surface area contributed by atoms with Gasteiger partial charge in [-0.2, -0.15) is 0 Å². The van der Waals surface area contributed by atoms with Crippen LogP contribution in [0.1, 0.15) is 25.7 Å². The van der Waals surface area contributed by atoms with E-state index in [0.717, 1.165) is 12.8 Å². The Morgan fingerprint density at radius 3 is 2.53 bits per heavy atom. The Balaban J connectivity index is 2.35. The van der Waals surface area contributed by atoms with Crippen LogP contribution in [0.15, 0.2) is 0 Å². The van der Waals surface area contributed by atoms with Gasteiger partial charge in [-0.3, -0.25) is 9.59 Å². The molecule has 0 aromatic carbocycles. The van der Waals surface area contributed by atoms with Crippen LogP contribution in [0, 0.1) is 0 Å². The predicted molar refractivity (Wildman–Crippen MR) is 53.5 cm³/mol. The highest BCUT2D eigenvalue weighted by Gasteiger charge is 2.32. The van der Waals surface area contributed by atoms with Crippen molar-refractivity contribution in [1.29, 1.82) is 0 Å². The molecule has 1 fully saturated rings. The Morgan fingerprint density at radius 1 is 1.40 bits per heavy atom. The van der Waals surface area contributed by atoms with Gasteiger partial charge < -0.3 is 14.7 Å². The van der Waals surface area contributed by atoms with E-state index >= 15 is 0 Å². The van der Waals surface area contributed by atoms with E-state index in [1.807, 2.05) is 0 Å². The summed E-state index contributed by atoms with van der Waals surface area (Å²) < 4.78 is 4.82. The second-order valence-corrected chi connectivity index (χ2v) is 3.70. The average Bonchev–Trinajstić information content (AvgIpc) is 2.98. The van der Waals surface area contributed by atoms with Crippen LogP contribution in [-0.2, 0) is 14.3 Å². The SMILES string of the molecule is COCCC(=O)N(CCC(=O)O)C1CC1. The number of rotatable bonds is 7. The first-order chi connectivity index (χ1) is 7.15. The molecule has 0 saturated heterocycles. The fourth-order valence-electron chi connectivity index (χ4n) is 1.45. The van der Waals surface area contributed by atoms with E-state index in [-0.39, 0.29) is 18.4 Å². The van der Waals surface area contributed by atoms with E-state index in [0.29, 0.717) is 19.6 Å². The number of amides is 1. The first-order valence-corrected chi connectivity index (χ1v) is 5.15. The quantitative estimate of drug-likeness (QED) is 0.671. The minimum absolute atomic E-state index is 0.000556. The van der Waals surface area contributed by atoms with E-state index in [2.05, 4.69) is 0 Å². The molecular weight excluding hydrogens is 198 g/mol. The third-order valence-electron chi connectivity index (χ3n) is 2.39. The van der Waals surface area contributed by atoms with Crippen molar-refractivity contribution in [1.82, 2.24) is 4.90 Å². The molecule has 0 aliphatic heterocycles. The van der Waals surface area contributed by atoms with Crippen LogP contribution in [-0.4, -0.2) is 48.2 Å². The van der Waals surface area contributed by atoms with Gasteiger partial charge in [0.25, 0.3) is 0 Å². The molecule has 5 heteroatoms. The second kappa shape index (κ2) is 5.70. The molecule has 0 bridgehead atoms. The Bertz CT molecular complexity index is 238. The molecule has 1 aliphatic rings. The minimum atomic E-state index is -0.861. The molecule has 86 valence electrons. The summed E-state index contributed by atoms with van der Waals surface area (Å²) in [6.45, 7) is 0.720. The van der Waals surface area contributed by atoms with E-state index in [9.17, 15) is 9.59 Å². The number of hydrogen-bond acceptors (Lipinski definition) is 3. The topological polar surface area (TPSA) is 66.8 Å². The fourth-order valence-corrected chi connectivity index (χ4v) is 1.45. The highest BCUT2D eigenvalue weighted by Crippen LogP contribution is 2.27. The average molecular weight is 215 g/mol. The van der Waals surface area contributed by atoms with Gasteiger partial charge >= 0.3 is 5.97 Å². The van der Waals surface area contributed by atoms with Gasteiger partial charge in [-0.15, -0.1) is 0 Å². The fraction of sp³-hybridized carbons (Fsp3) is 0.800. The van der Waals surface area contributed by atoms with Crippen LogP contribution in [0.4, 0.5) is 0 Å². The second-order valence-electron chi connectivity index (χ2n) is 3.70. The maximum Gasteiger partial charge on any atom is 0.305 e. The molecule has 1 rings (SSSR count). The van der Waals surface area contributed by atoms with Crippen molar-refractivity contribution in [3.8, 4) is 0 Å². The van der Waals surface area contributed by atoms with Crippen LogP contribution in [0.25, 0.3) is 0 Å². The molecule has 1 saturated carbocycles. The summed E-state index contributed by atoms with van der Waals surface area (Å²) in [5, 5.41) is 8.56. The molecule has 0 spiro atoms. The summed E-state index contributed by atoms with van der Waals surface area (Å²) in [6.07, 6.45) is 2.36. The van der Waals surface area contributed by atoms with E-state index in [4.69, 9.17) is 9.84 Å². The van der Waals surface area contributed by atoms with Gasteiger partial charge in [0.05, 0.1) is 19.4 Å². The summed E-state index contributed by atoms with van der Waals surface area (Å²) in [5.74, 6) is -0.860. The molecule has 0 heterocycles. The van der Waals surface area contributed by atoms with Gasteiger partial charge in [-0.25, -0.2) is 0 Å². The van der Waals surface area contributed by atoms with Gasteiger partial charge in [0.15, 0.2) is 0 Å². The Labute approximate surface area is 89.0 Å². The summed E-state index contributed by atoms with van der Waals surface area (Å²) in [5.41, 5.74) is 0. The van der Waals surface area contributed by atoms with Crippen molar-refractivity contribution in [3.63, 3.8) is 0 Å². The molecule has 0 aromatic rings. The number of carboxylic acid groups (broad SMARTS) is 1. The van der Waals surface area contributed by atoms with E-state index in [1.165, 1.54) is 0 Å². The van der Waals surface area contributed by atoms with Gasteiger partial charge in [0.2, 0.25) is 5.91 Å². The van der Waals surface area contributed by atoms with Gasteiger partial charge in [0, 0.05) is 19.7 Å². The molecule has 1 N–H and O–H groups in total. The Kier molecular flexibility index (Phi) is 4.55. The number of carbonyl (C=O) groups excluding carboxylic acids is 1. The number of nitrogens with zero attached hydrogens (tertiary/aromatic N) is 1. The predicted octanol–water partition coefficient (Wildman–Crippen LogP) is 0.489. The number of methoxy groups -OCH3 is 1. The number of ether oxygens (including phenoxy) is 1. The van der Waals surface area contributed by atoms with Gasteiger partial charge in [-0.1, -0.05) is 0 Å². The molecule has 5 nitrogen and oxygen atoms in total. The van der Waals surface area contributed by atoms with Crippen molar-refractivity contribution >= 4 is 11.9 Å². The lowest BCUT2D eigenvalue weighted by Gasteiger charge is -2.21. The first kappa shape index (κ1) is 12.0. The highest BCUT2D eigenvalue weighted by atomic mass is 16.5. The maximum atomic E-state index is 11.6. The smallest absolute Gasteiger partial charge is 0.305 e.